The van der Waals surface area contributed by atoms with Gasteiger partial charge in [0, 0.05) is 24.8 Å². The van der Waals surface area contributed by atoms with Crippen molar-refractivity contribution in [2.45, 2.75) is 19.9 Å². The van der Waals surface area contributed by atoms with Gasteiger partial charge in [0.1, 0.15) is 5.82 Å². The van der Waals surface area contributed by atoms with Crippen molar-refractivity contribution < 1.29 is 19.5 Å². The van der Waals surface area contributed by atoms with E-state index in [1.807, 2.05) is 42.5 Å². The van der Waals surface area contributed by atoms with E-state index in [0.717, 1.165) is 16.3 Å². The number of aryl methyl sites for hydroxylation is 1. The molecule has 0 unspecified atom stereocenters. The van der Waals surface area contributed by atoms with Crippen molar-refractivity contribution in [2.24, 2.45) is 0 Å². The number of aliphatic hydroxyl groups excluding tert-OH is 1. The van der Waals surface area contributed by atoms with Gasteiger partial charge in [-0.15, -0.1) is 0 Å². The number of hydrogen-bond donors (Lipinski definition) is 2. The Bertz CT molecular complexity index is 1410. The van der Waals surface area contributed by atoms with Crippen molar-refractivity contribution in [1.29, 1.82) is 0 Å². The molecule has 3 aromatic carbocycles. The quantitative estimate of drug-likeness (QED) is 0.278. The number of aromatic nitrogens is 3. The van der Waals surface area contributed by atoms with Crippen molar-refractivity contribution >= 4 is 34.1 Å². The number of H-pyrrole nitrogens is 1. The van der Waals surface area contributed by atoms with Gasteiger partial charge in [0.25, 0.3) is 5.91 Å². The summed E-state index contributed by atoms with van der Waals surface area (Å²) in [6.07, 6.45) is -0.423. The number of likely N-dealkylation sites (N-methyl/N-ethyl adjacent to an activating group) is 1. The maximum atomic E-state index is 13.4. The Morgan fingerprint density at radius 2 is 1.75 bits per heavy atom. The van der Waals surface area contributed by atoms with Gasteiger partial charge in [0.15, 0.2) is 0 Å². The summed E-state index contributed by atoms with van der Waals surface area (Å²) in [6.45, 7) is 1.91. The van der Waals surface area contributed by atoms with E-state index in [1.165, 1.54) is 9.80 Å². The van der Waals surface area contributed by atoms with Gasteiger partial charge in [-0.25, -0.2) is 4.98 Å². The van der Waals surface area contributed by atoms with Crippen molar-refractivity contribution in [2.75, 3.05) is 25.1 Å². The van der Waals surface area contributed by atoms with Gasteiger partial charge in [-0.3, -0.25) is 19.5 Å². The smallest absolute Gasteiger partial charge is 0.253 e. The van der Waals surface area contributed by atoms with Crippen LogP contribution in [0.2, 0.25) is 0 Å². The van der Waals surface area contributed by atoms with Crippen LogP contribution in [0.5, 0.6) is 0 Å². The third-order valence-corrected chi connectivity index (χ3v) is 5.80. The summed E-state index contributed by atoms with van der Waals surface area (Å²) in [7, 11) is 1.60. The molecule has 2 N–H and O–H groups in total. The lowest BCUT2D eigenvalue weighted by Gasteiger charge is -2.24. The molecule has 0 saturated heterocycles. The van der Waals surface area contributed by atoms with E-state index < -0.39 is 18.1 Å². The summed E-state index contributed by atoms with van der Waals surface area (Å²) in [6, 6.07) is 20.5. The second-order valence-electron chi connectivity index (χ2n) is 8.51. The van der Waals surface area contributed by atoms with Gasteiger partial charge < -0.3 is 14.9 Å². The van der Waals surface area contributed by atoms with Crippen molar-refractivity contribution in [1.82, 2.24) is 20.1 Å². The number of aromatic amines is 1. The number of anilines is 1. The van der Waals surface area contributed by atoms with Crippen LogP contribution in [0.1, 0.15) is 38.8 Å². The fourth-order valence-corrected chi connectivity index (χ4v) is 3.90. The zero-order valence-corrected chi connectivity index (χ0v) is 20.1. The molecule has 36 heavy (non-hydrogen) atoms. The Hall–Kier alpha value is -4.37. The van der Waals surface area contributed by atoms with Gasteiger partial charge in [-0.05, 0) is 47.5 Å². The summed E-state index contributed by atoms with van der Waals surface area (Å²) in [5, 5.41) is 17.8. The Morgan fingerprint density at radius 1 is 0.972 bits per heavy atom. The van der Waals surface area contributed by atoms with Gasteiger partial charge in [-0.1, -0.05) is 42.5 Å². The molecule has 1 aromatic heterocycles. The standard InChI is InChI=1S/C27H27N5O4/c1-18-28-26(30-29-18)24(34)16-25(35)32(17-19-10-11-20-6-3-4-7-21(20)14-19)23-9-5-8-22(15-23)27(36)31(2)12-13-33/h3-11,14-15,33H,12-13,16-17H2,1-2H3,(H,28,29,30). The third-order valence-electron chi connectivity index (χ3n) is 5.80. The van der Waals surface area contributed by atoms with Crippen LogP contribution in [0, 0.1) is 6.92 Å². The average molecular weight is 486 g/mol. The number of Topliss-reactive ketones (excluding diaryl/α,β-unsaturated/α-hetero) is 1. The molecule has 2 amide bonds. The zero-order valence-electron chi connectivity index (χ0n) is 20.1. The molecule has 1 heterocycles. The molecule has 0 fully saturated rings. The topological polar surface area (TPSA) is 119 Å². The van der Waals surface area contributed by atoms with Crippen LogP contribution in [0.15, 0.2) is 66.7 Å². The van der Waals surface area contributed by atoms with Crippen LogP contribution in [-0.4, -0.2) is 63.0 Å². The highest BCUT2D eigenvalue weighted by atomic mass is 16.3. The molecule has 4 aromatic rings. The monoisotopic (exact) mass is 485 g/mol. The minimum Gasteiger partial charge on any atom is -0.395 e. The van der Waals surface area contributed by atoms with E-state index in [0.29, 0.717) is 17.1 Å². The largest absolute Gasteiger partial charge is 0.395 e. The summed E-state index contributed by atoms with van der Waals surface area (Å²) >= 11 is 0. The number of fused-ring (bicyclic) bond motifs is 1. The lowest BCUT2D eigenvalue weighted by atomic mass is 10.1. The molecule has 0 spiro atoms. The first-order valence-corrected chi connectivity index (χ1v) is 11.5. The third kappa shape index (κ3) is 5.64. The summed E-state index contributed by atoms with van der Waals surface area (Å²) < 4.78 is 0. The average Bonchev–Trinajstić information content (AvgIpc) is 3.33. The van der Waals surface area contributed by atoms with Crippen molar-refractivity contribution in [3.63, 3.8) is 0 Å². The Kier molecular flexibility index (Phi) is 7.50. The SMILES string of the molecule is Cc1nc(C(=O)CC(=O)N(Cc2ccc3ccccc3c2)c2cccc(C(=O)N(C)CCO)c2)n[nH]1. The highest BCUT2D eigenvalue weighted by molar-refractivity contribution is 6.10. The number of benzene rings is 3. The second kappa shape index (κ2) is 10.9. The van der Waals surface area contributed by atoms with Gasteiger partial charge >= 0.3 is 0 Å². The van der Waals surface area contributed by atoms with Crippen LogP contribution >= 0.6 is 0 Å². The van der Waals surface area contributed by atoms with E-state index >= 15 is 0 Å². The first-order chi connectivity index (χ1) is 17.4. The molecule has 0 radical (unpaired) electrons. The highest BCUT2D eigenvalue weighted by Crippen LogP contribution is 2.23. The number of carbonyl (C=O) groups excluding carboxylic acids is 3. The Labute approximate surface area is 208 Å². The first kappa shape index (κ1) is 24.7. The molecular formula is C27H27N5O4. The molecule has 184 valence electrons. The molecule has 0 aliphatic rings. The molecule has 9 heteroatoms. The maximum Gasteiger partial charge on any atom is 0.253 e. The number of nitrogens with zero attached hydrogens (tertiary/aromatic N) is 4. The number of rotatable bonds is 9. The molecule has 0 aliphatic heterocycles. The summed E-state index contributed by atoms with van der Waals surface area (Å²) in [5.41, 5.74) is 1.73. The molecule has 9 nitrogen and oxygen atoms in total. The van der Waals surface area contributed by atoms with Gasteiger partial charge in [-0.2, -0.15) is 5.10 Å². The molecule has 0 atom stereocenters. The van der Waals surface area contributed by atoms with Crippen LogP contribution in [0.4, 0.5) is 5.69 Å². The molecular weight excluding hydrogens is 458 g/mol. The summed E-state index contributed by atoms with van der Waals surface area (Å²) in [5.74, 6) is -0.777. The minimum absolute atomic E-state index is 0.0407. The van der Waals surface area contributed by atoms with Crippen LogP contribution in [-0.2, 0) is 11.3 Å². The lowest BCUT2D eigenvalue weighted by Crippen LogP contribution is -2.33. The van der Waals surface area contributed by atoms with Crippen molar-refractivity contribution in [3.05, 3.63) is 89.5 Å². The number of aliphatic hydroxyl groups is 1. The van der Waals surface area contributed by atoms with E-state index in [9.17, 15) is 19.5 Å². The Balaban J connectivity index is 1.66. The summed E-state index contributed by atoms with van der Waals surface area (Å²) in [4.78, 5) is 45.8. The van der Waals surface area contributed by atoms with E-state index in [4.69, 9.17) is 0 Å². The van der Waals surface area contributed by atoms with Crippen LogP contribution < -0.4 is 4.90 Å². The zero-order chi connectivity index (χ0) is 25.7. The van der Waals surface area contributed by atoms with E-state index in [2.05, 4.69) is 15.2 Å². The van der Waals surface area contributed by atoms with Gasteiger partial charge in [0.2, 0.25) is 17.5 Å². The normalized spacial score (nSPS) is 10.9. The molecule has 0 aliphatic carbocycles. The lowest BCUT2D eigenvalue weighted by molar-refractivity contribution is -0.117. The number of carbonyl (C=O) groups is 3. The predicted octanol–water partition coefficient (Wildman–Crippen LogP) is 3.14. The second-order valence-corrected chi connectivity index (χ2v) is 8.51. The fraction of sp³-hybridized carbons (Fsp3) is 0.222. The number of amides is 2. The van der Waals surface area contributed by atoms with Gasteiger partial charge in [0.05, 0.1) is 19.6 Å². The molecule has 0 saturated carbocycles. The first-order valence-electron chi connectivity index (χ1n) is 11.5. The van der Waals surface area contributed by atoms with Crippen LogP contribution in [0.25, 0.3) is 10.8 Å². The minimum atomic E-state index is -0.497. The van der Waals surface area contributed by atoms with E-state index in [1.54, 1.807) is 38.2 Å². The maximum absolute atomic E-state index is 13.4. The Morgan fingerprint density at radius 3 is 2.47 bits per heavy atom. The van der Waals surface area contributed by atoms with Crippen LogP contribution in [0.3, 0.4) is 0 Å². The fourth-order valence-electron chi connectivity index (χ4n) is 3.90. The predicted molar refractivity (Wildman–Crippen MR) is 136 cm³/mol. The molecule has 4 rings (SSSR count). The number of hydrogen-bond acceptors (Lipinski definition) is 6. The van der Waals surface area contributed by atoms with Crippen molar-refractivity contribution in [3.8, 4) is 0 Å². The highest BCUT2D eigenvalue weighted by Gasteiger charge is 2.23. The van der Waals surface area contributed by atoms with E-state index in [-0.39, 0.29) is 31.4 Å². The number of ketones is 1. The number of nitrogens with one attached hydrogen (secondary N) is 1. The molecule has 0 bridgehead atoms.